The van der Waals surface area contributed by atoms with Crippen LogP contribution in [0.2, 0.25) is 0 Å². The Labute approximate surface area is 111 Å². The van der Waals surface area contributed by atoms with E-state index in [4.69, 9.17) is 5.11 Å². The third-order valence-electron chi connectivity index (χ3n) is 2.11. The molecule has 0 fully saturated rings. The van der Waals surface area contributed by atoms with Crippen molar-refractivity contribution in [3.05, 3.63) is 19.9 Å². The van der Waals surface area contributed by atoms with Crippen molar-refractivity contribution in [2.24, 2.45) is 5.92 Å². The maximum atomic E-state index is 11.6. The molecule has 1 atom stereocenters. The third-order valence-corrected chi connectivity index (χ3v) is 3.90. The van der Waals surface area contributed by atoms with Gasteiger partial charge in [-0.25, -0.2) is 0 Å². The van der Waals surface area contributed by atoms with E-state index in [-0.39, 0.29) is 5.91 Å². The molecule has 1 aromatic rings. The molecule has 0 aliphatic carbocycles. The summed E-state index contributed by atoms with van der Waals surface area (Å²) in [6.45, 7) is 2.01. The molecule has 1 aromatic heterocycles. The topological polar surface area (TPSA) is 66.4 Å². The highest BCUT2D eigenvalue weighted by Crippen LogP contribution is 2.16. The van der Waals surface area contributed by atoms with E-state index in [0.29, 0.717) is 18.5 Å². The van der Waals surface area contributed by atoms with Crippen molar-refractivity contribution in [1.82, 2.24) is 5.32 Å². The molecular weight excluding hydrogens is 341 g/mol. The highest BCUT2D eigenvalue weighted by Gasteiger charge is 2.12. The van der Waals surface area contributed by atoms with Gasteiger partial charge in [0.25, 0.3) is 5.91 Å². The Morgan fingerprint density at radius 2 is 2.31 bits per heavy atom. The minimum atomic E-state index is -0.834. The van der Waals surface area contributed by atoms with Gasteiger partial charge in [-0.05, 0) is 35.1 Å². The third kappa shape index (κ3) is 4.09. The fourth-order valence-corrected chi connectivity index (χ4v) is 2.38. The molecule has 0 spiro atoms. The van der Waals surface area contributed by atoms with Crippen molar-refractivity contribution in [3.8, 4) is 0 Å². The zero-order valence-corrected chi connectivity index (χ0v) is 11.7. The number of halogens is 1. The van der Waals surface area contributed by atoms with E-state index in [1.54, 1.807) is 18.4 Å². The molecule has 0 radical (unpaired) electrons. The number of carboxylic acids is 1. The average Bonchev–Trinajstić information content (AvgIpc) is 2.64. The summed E-state index contributed by atoms with van der Waals surface area (Å²) in [5.74, 6) is -1.40. The average molecular weight is 353 g/mol. The van der Waals surface area contributed by atoms with Gasteiger partial charge in [-0.1, -0.05) is 6.92 Å². The Hall–Kier alpha value is -0.630. The minimum Gasteiger partial charge on any atom is -0.481 e. The van der Waals surface area contributed by atoms with E-state index in [2.05, 4.69) is 27.9 Å². The maximum absolute atomic E-state index is 11.6. The van der Waals surface area contributed by atoms with Gasteiger partial charge in [0.2, 0.25) is 0 Å². The number of hydrogen-bond acceptors (Lipinski definition) is 3. The first-order chi connectivity index (χ1) is 7.50. The van der Waals surface area contributed by atoms with Gasteiger partial charge in [0, 0.05) is 11.9 Å². The maximum Gasteiger partial charge on any atom is 0.306 e. The van der Waals surface area contributed by atoms with Gasteiger partial charge in [0.1, 0.15) is 0 Å². The van der Waals surface area contributed by atoms with Crippen LogP contribution >= 0.6 is 33.9 Å². The Kier molecular flexibility index (Phi) is 5.20. The first-order valence-corrected chi connectivity index (χ1v) is 6.71. The summed E-state index contributed by atoms with van der Waals surface area (Å²) in [5.41, 5.74) is 0.636. The molecule has 88 valence electrons. The lowest BCUT2D eigenvalue weighted by atomic mass is 10.1. The molecule has 0 saturated heterocycles. The van der Waals surface area contributed by atoms with Gasteiger partial charge < -0.3 is 10.4 Å². The summed E-state index contributed by atoms with van der Waals surface area (Å²) >= 11 is 3.66. The van der Waals surface area contributed by atoms with Crippen LogP contribution in [0.15, 0.2) is 11.4 Å². The predicted molar refractivity (Wildman–Crippen MR) is 70.8 cm³/mol. The molecule has 0 bridgehead atoms. The zero-order valence-electron chi connectivity index (χ0n) is 8.70. The largest absolute Gasteiger partial charge is 0.481 e. The number of carbonyl (C=O) groups is 2. The quantitative estimate of drug-likeness (QED) is 0.798. The van der Waals surface area contributed by atoms with E-state index in [1.807, 2.05) is 0 Å². The van der Waals surface area contributed by atoms with Crippen molar-refractivity contribution in [1.29, 1.82) is 0 Å². The predicted octanol–water partition coefficient (Wildman–Crippen LogP) is 2.19. The Morgan fingerprint density at radius 1 is 1.62 bits per heavy atom. The van der Waals surface area contributed by atoms with Crippen molar-refractivity contribution in [3.63, 3.8) is 0 Å². The van der Waals surface area contributed by atoms with E-state index in [9.17, 15) is 9.59 Å². The summed E-state index contributed by atoms with van der Waals surface area (Å²) in [6, 6.07) is 1.81. The molecular formula is C10H12INO3S. The molecule has 0 aliphatic rings. The van der Waals surface area contributed by atoms with Crippen LogP contribution in [0.4, 0.5) is 0 Å². The van der Waals surface area contributed by atoms with Crippen molar-refractivity contribution < 1.29 is 14.7 Å². The summed E-state index contributed by atoms with van der Waals surface area (Å²) in [7, 11) is 0. The second-order valence-corrected chi connectivity index (χ2v) is 6.23. The van der Waals surface area contributed by atoms with Gasteiger partial charge >= 0.3 is 5.97 Å². The number of thiophene rings is 1. The van der Waals surface area contributed by atoms with E-state index < -0.39 is 11.9 Å². The Balaban J connectivity index is 2.34. The van der Waals surface area contributed by atoms with Crippen molar-refractivity contribution in [2.45, 2.75) is 13.3 Å². The summed E-state index contributed by atoms with van der Waals surface area (Å²) < 4.78 is 1.06. The minimum absolute atomic E-state index is 0.142. The van der Waals surface area contributed by atoms with E-state index in [1.165, 1.54) is 11.3 Å². The van der Waals surface area contributed by atoms with Gasteiger partial charge in [-0.3, -0.25) is 9.59 Å². The summed E-state index contributed by atoms with van der Waals surface area (Å²) in [6.07, 6.45) is 0.447. The monoisotopic (exact) mass is 353 g/mol. The number of aliphatic carboxylic acids is 1. The molecule has 16 heavy (non-hydrogen) atoms. The van der Waals surface area contributed by atoms with Crippen LogP contribution in [0.3, 0.4) is 0 Å². The number of hydrogen-bond donors (Lipinski definition) is 2. The Morgan fingerprint density at radius 3 is 2.81 bits per heavy atom. The van der Waals surface area contributed by atoms with Crippen LogP contribution in [0.5, 0.6) is 0 Å². The molecule has 0 aromatic carbocycles. The number of amides is 1. The molecule has 1 unspecified atom stereocenters. The van der Waals surface area contributed by atoms with Crippen molar-refractivity contribution >= 4 is 45.8 Å². The first kappa shape index (κ1) is 13.4. The number of nitrogens with one attached hydrogen (secondary N) is 1. The van der Waals surface area contributed by atoms with Crippen LogP contribution in [0, 0.1) is 8.80 Å². The van der Waals surface area contributed by atoms with Crippen LogP contribution in [0.25, 0.3) is 0 Å². The number of rotatable bonds is 5. The van der Waals surface area contributed by atoms with Crippen molar-refractivity contribution in [2.75, 3.05) is 6.54 Å². The molecule has 0 saturated carbocycles. The number of carboxylic acid groups (broad SMARTS) is 1. The molecule has 1 heterocycles. The molecule has 6 heteroatoms. The highest BCUT2D eigenvalue weighted by atomic mass is 127. The Bertz CT molecular complexity index is 391. The lowest BCUT2D eigenvalue weighted by Gasteiger charge is -2.06. The first-order valence-electron chi connectivity index (χ1n) is 4.75. The van der Waals surface area contributed by atoms with Gasteiger partial charge in [0.15, 0.2) is 0 Å². The van der Waals surface area contributed by atoms with Crippen LogP contribution < -0.4 is 5.32 Å². The SMILES string of the molecule is CC(CCNC(=O)c1csc(I)c1)C(=O)O. The van der Waals surface area contributed by atoms with E-state index in [0.717, 1.165) is 2.88 Å². The molecule has 1 amide bonds. The lowest BCUT2D eigenvalue weighted by Crippen LogP contribution is -2.26. The zero-order chi connectivity index (χ0) is 12.1. The summed E-state index contributed by atoms with van der Waals surface area (Å²) in [5, 5.41) is 13.1. The molecule has 2 N–H and O–H groups in total. The molecule has 4 nitrogen and oxygen atoms in total. The van der Waals surface area contributed by atoms with Crippen LogP contribution in [0.1, 0.15) is 23.7 Å². The fourth-order valence-electron chi connectivity index (χ4n) is 1.06. The van der Waals surface area contributed by atoms with Gasteiger partial charge in [-0.15, -0.1) is 11.3 Å². The van der Waals surface area contributed by atoms with Gasteiger partial charge in [-0.2, -0.15) is 0 Å². The fraction of sp³-hybridized carbons (Fsp3) is 0.400. The van der Waals surface area contributed by atoms with Crippen LogP contribution in [-0.2, 0) is 4.79 Å². The highest BCUT2D eigenvalue weighted by molar-refractivity contribution is 14.1. The smallest absolute Gasteiger partial charge is 0.306 e. The summed E-state index contributed by atoms with van der Waals surface area (Å²) in [4.78, 5) is 22.1. The second kappa shape index (κ2) is 6.19. The molecule has 0 aliphatic heterocycles. The van der Waals surface area contributed by atoms with Crippen LogP contribution in [-0.4, -0.2) is 23.5 Å². The van der Waals surface area contributed by atoms with Gasteiger partial charge in [0.05, 0.1) is 14.4 Å². The standard InChI is InChI=1S/C10H12INO3S/c1-6(10(14)15)2-3-12-9(13)7-4-8(11)16-5-7/h4-6H,2-3H2,1H3,(H,12,13)(H,14,15). The normalized spacial score (nSPS) is 12.1. The molecule has 1 rings (SSSR count). The second-order valence-electron chi connectivity index (χ2n) is 3.42. The van der Waals surface area contributed by atoms with E-state index >= 15 is 0 Å². The number of carbonyl (C=O) groups excluding carboxylic acids is 1. The lowest BCUT2D eigenvalue weighted by molar-refractivity contribution is -0.141.